The lowest BCUT2D eigenvalue weighted by Gasteiger charge is -2.23. The van der Waals surface area contributed by atoms with E-state index in [1.807, 2.05) is 18.2 Å². The fourth-order valence-corrected chi connectivity index (χ4v) is 6.12. The van der Waals surface area contributed by atoms with Crippen molar-refractivity contribution in [3.05, 3.63) is 41.7 Å². The van der Waals surface area contributed by atoms with Crippen LogP contribution in [0.4, 0.5) is 0 Å². The van der Waals surface area contributed by atoms with Gasteiger partial charge in [0, 0.05) is 19.0 Å². The Hall–Kier alpha value is -1.87. The van der Waals surface area contributed by atoms with Gasteiger partial charge < -0.3 is 9.47 Å². The van der Waals surface area contributed by atoms with Gasteiger partial charge in [-0.05, 0) is 24.8 Å². The Morgan fingerprint density at radius 2 is 1.96 bits per heavy atom. The summed E-state index contributed by atoms with van der Waals surface area (Å²) < 4.78 is 25.5. The van der Waals surface area contributed by atoms with Crippen molar-refractivity contribution in [1.29, 1.82) is 0 Å². The normalized spacial score (nSPS) is 21.0. The summed E-state index contributed by atoms with van der Waals surface area (Å²) in [6, 6.07) is 9.94. The molecular weight excluding hydrogens is 396 g/mol. The van der Waals surface area contributed by atoms with Gasteiger partial charge in [-0.1, -0.05) is 42.1 Å². The Labute approximate surface area is 169 Å². The summed E-state index contributed by atoms with van der Waals surface area (Å²) in [5.41, 5.74) is 1.17. The van der Waals surface area contributed by atoms with E-state index in [-0.39, 0.29) is 29.2 Å². The van der Waals surface area contributed by atoms with Crippen LogP contribution >= 0.6 is 11.8 Å². The first kappa shape index (κ1) is 19.4. The van der Waals surface area contributed by atoms with E-state index in [1.165, 1.54) is 17.3 Å². The first-order valence-corrected chi connectivity index (χ1v) is 12.3. The van der Waals surface area contributed by atoms with Gasteiger partial charge >= 0.3 is 0 Å². The Morgan fingerprint density at radius 3 is 2.61 bits per heavy atom. The van der Waals surface area contributed by atoms with Gasteiger partial charge in [-0.15, -0.1) is 10.2 Å². The van der Waals surface area contributed by atoms with Crippen LogP contribution in [0, 0.1) is 0 Å². The molecule has 1 aromatic heterocycles. The summed E-state index contributed by atoms with van der Waals surface area (Å²) in [6.07, 6.45) is 2.79. The molecule has 1 atom stereocenters. The molecule has 2 aromatic rings. The van der Waals surface area contributed by atoms with Gasteiger partial charge in [-0.3, -0.25) is 4.79 Å². The number of sulfone groups is 1. The maximum atomic E-state index is 12.6. The van der Waals surface area contributed by atoms with E-state index in [2.05, 4.69) is 26.9 Å². The average molecular weight is 421 g/mol. The number of hydrogen-bond donors (Lipinski definition) is 0. The Morgan fingerprint density at radius 1 is 1.21 bits per heavy atom. The molecule has 2 heterocycles. The van der Waals surface area contributed by atoms with E-state index in [9.17, 15) is 13.2 Å². The van der Waals surface area contributed by atoms with Crippen LogP contribution in [0.25, 0.3) is 0 Å². The Balaban J connectivity index is 1.44. The van der Waals surface area contributed by atoms with Gasteiger partial charge in [0.05, 0.1) is 23.8 Å². The van der Waals surface area contributed by atoms with Gasteiger partial charge in [0.2, 0.25) is 5.91 Å². The lowest BCUT2D eigenvalue weighted by atomic mass is 10.2. The zero-order chi connectivity index (χ0) is 19.7. The molecule has 1 amide bonds. The average Bonchev–Trinajstić information content (AvgIpc) is 3.35. The van der Waals surface area contributed by atoms with Crippen LogP contribution in [0.2, 0.25) is 0 Å². The fraction of sp³-hybridized carbons (Fsp3) is 0.526. The smallest absolute Gasteiger partial charge is 0.233 e. The number of thioether (sulfide) groups is 1. The molecule has 2 aliphatic rings. The maximum absolute atomic E-state index is 12.6. The molecule has 28 heavy (non-hydrogen) atoms. The largest absolute Gasteiger partial charge is 0.341 e. The number of aromatic nitrogens is 3. The molecule has 0 spiro atoms. The van der Waals surface area contributed by atoms with Gasteiger partial charge in [0.15, 0.2) is 15.0 Å². The number of nitrogens with zero attached hydrogens (tertiary/aromatic N) is 4. The monoisotopic (exact) mass is 420 g/mol. The number of hydrogen-bond acceptors (Lipinski definition) is 6. The van der Waals surface area contributed by atoms with E-state index in [4.69, 9.17) is 0 Å². The molecule has 1 aliphatic carbocycles. The van der Waals surface area contributed by atoms with Crippen molar-refractivity contribution in [2.75, 3.05) is 24.3 Å². The number of amides is 1. The molecule has 0 N–H and O–H groups in total. The molecule has 1 saturated heterocycles. The molecule has 1 aliphatic heterocycles. The standard InChI is InChI=1S/C19H24N4O3S2/c1-22(16-9-10-28(25,26)13-16)17(24)12-27-19-21-20-18(15-7-8-15)23(19)11-14-5-3-2-4-6-14/h2-6,15-16H,7-13H2,1H3/t16-/m1/s1. The Kier molecular flexibility index (Phi) is 5.46. The molecule has 0 unspecified atom stereocenters. The SMILES string of the molecule is CN(C(=O)CSc1nnc(C2CC2)n1Cc1ccccc1)[C@@H]1CCS(=O)(=O)C1. The number of benzene rings is 1. The third-order valence-corrected chi connectivity index (χ3v) is 8.05. The topological polar surface area (TPSA) is 85.2 Å². The van der Waals surface area contributed by atoms with Crippen molar-refractivity contribution in [2.24, 2.45) is 0 Å². The zero-order valence-electron chi connectivity index (χ0n) is 15.8. The van der Waals surface area contributed by atoms with Gasteiger partial charge in [-0.25, -0.2) is 8.42 Å². The molecule has 1 saturated carbocycles. The van der Waals surface area contributed by atoms with Crippen molar-refractivity contribution < 1.29 is 13.2 Å². The highest BCUT2D eigenvalue weighted by Crippen LogP contribution is 2.40. The molecule has 150 valence electrons. The minimum atomic E-state index is -3.01. The van der Waals surface area contributed by atoms with Crippen molar-refractivity contribution in [3.8, 4) is 0 Å². The minimum Gasteiger partial charge on any atom is -0.341 e. The molecular formula is C19H24N4O3S2. The second-order valence-electron chi connectivity index (χ2n) is 7.54. The van der Waals surface area contributed by atoms with Crippen LogP contribution in [0.3, 0.4) is 0 Å². The summed E-state index contributed by atoms with van der Waals surface area (Å²) in [6.45, 7) is 0.687. The fourth-order valence-electron chi connectivity index (χ4n) is 3.48. The maximum Gasteiger partial charge on any atom is 0.233 e. The molecule has 9 heteroatoms. The minimum absolute atomic E-state index is 0.0654. The van der Waals surface area contributed by atoms with Gasteiger partial charge in [0.1, 0.15) is 5.82 Å². The summed E-state index contributed by atoms with van der Waals surface area (Å²) in [4.78, 5) is 14.2. The van der Waals surface area contributed by atoms with E-state index < -0.39 is 9.84 Å². The molecule has 4 rings (SSSR count). The third-order valence-electron chi connectivity index (χ3n) is 5.35. The molecule has 0 radical (unpaired) electrons. The van der Waals surface area contributed by atoms with Crippen molar-refractivity contribution in [3.63, 3.8) is 0 Å². The van der Waals surface area contributed by atoms with Gasteiger partial charge in [0.25, 0.3) is 0 Å². The van der Waals surface area contributed by atoms with Crippen molar-refractivity contribution in [2.45, 2.75) is 42.9 Å². The second-order valence-corrected chi connectivity index (χ2v) is 10.7. The van der Waals surface area contributed by atoms with E-state index in [0.29, 0.717) is 18.9 Å². The lowest BCUT2D eigenvalue weighted by Crippen LogP contribution is -2.38. The quantitative estimate of drug-likeness (QED) is 0.637. The van der Waals surface area contributed by atoms with Crippen LogP contribution in [0.1, 0.15) is 36.6 Å². The second kappa shape index (κ2) is 7.87. The first-order chi connectivity index (χ1) is 13.4. The van der Waals surface area contributed by atoms with Crippen LogP contribution in [0.15, 0.2) is 35.5 Å². The predicted octanol–water partition coefficient (Wildman–Crippen LogP) is 1.94. The summed E-state index contributed by atoms with van der Waals surface area (Å²) >= 11 is 1.38. The summed E-state index contributed by atoms with van der Waals surface area (Å²) in [5.74, 6) is 1.84. The van der Waals surface area contributed by atoms with E-state index in [0.717, 1.165) is 23.8 Å². The number of carbonyl (C=O) groups is 1. The predicted molar refractivity (Wildman–Crippen MR) is 108 cm³/mol. The summed E-state index contributed by atoms with van der Waals surface area (Å²) in [7, 11) is -1.32. The molecule has 2 fully saturated rings. The Bertz CT molecular complexity index is 955. The molecule has 7 nitrogen and oxygen atoms in total. The zero-order valence-corrected chi connectivity index (χ0v) is 17.5. The van der Waals surface area contributed by atoms with Crippen LogP contribution in [-0.4, -0.2) is 64.3 Å². The molecule has 1 aromatic carbocycles. The highest BCUT2D eigenvalue weighted by molar-refractivity contribution is 7.99. The van der Waals surface area contributed by atoms with Crippen molar-refractivity contribution >= 4 is 27.5 Å². The third kappa shape index (κ3) is 4.41. The number of carbonyl (C=O) groups excluding carboxylic acids is 1. The molecule has 0 bridgehead atoms. The van der Waals surface area contributed by atoms with Crippen molar-refractivity contribution in [1.82, 2.24) is 19.7 Å². The van der Waals surface area contributed by atoms with Crippen LogP contribution in [-0.2, 0) is 21.2 Å². The van der Waals surface area contributed by atoms with E-state index in [1.54, 1.807) is 11.9 Å². The number of rotatable bonds is 7. The highest BCUT2D eigenvalue weighted by atomic mass is 32.2. The first-order valence-electron chi connectivity index (χ1n) is 9.49. The van der Waals surface area contributed by atoms with E-state index >= 15 is 0 Å². The van der Waals surface area contributed by atoms with Crippen LogP contribution in [0.5, 0.6) is 0 Å². The van der Waals surface area contributed by atoms with Gasteiger partial charge in [-0.2, -0.15) is 0 Å². The lowest BCUT2D eigenvalue weighted by molar-refractivity contribution is -0.128. The van der Waals surface area contributed by atoms with Crippen LogP contribution < -0.4 is 0 Å². The highest BCUT2D eigenvalue weighted by Gasteiger charge is 2.33. The summed E-state index contributed by atoms with van der Waals surface area (Å²) in [5, 5.41) is 9.46.